The second kappa shape index (κ2) is 4.35. The molecular weight excluding hydrogens is 216 g/mol. The van der Waals surface area contributed by atoms with E-state index in [9.17, 15) is 10.1 Å². The smallest absolute Gasteiger partial charge is 0.272 e. The van der Waals surface area contributed by atoms with Crippen molar-refractivity contribution in [2.75, 3.05) is 11.9 Å². The first-order valence-corrected chi connectivity index (χ1v) is 5.99. The topological polar surface area (TPSA) is 55.2 Å². The largest absolute Gasteiger partial charge is 0.384 e. The molecule has 4 heteroatoms. The molecule has 17 heavy (non-hydrogen) atoms. The highest BCUT2D eigenvalue weighted by Crippen LogP contribution is 2.40. The molecule has 1 aromatic carbocycles. The molecule has 92 valence electrons. The summed E-state index contributed by atoms with van der Waals surface area (Å²) in [7, 11) is 0. The van der Waals surface area contributed by atoms with Crippen molar-refractivity contribution in [1.29, 1.82) is 0 Å². The Morgan fingerprint density at radius 1 is 1.47 bits per heavy atom. The lowest BCUT2D eigenvalue weighted by molar-refractivity contribution is -0.385. The molecule has 1 saturated carbocycles. The molecule has 1 N–H and O–H groups in total. The number of nitrogens with zero attached hydrogens (tertiary/aromatic N) is 1. The van der Waals surface area contributed by atoms with Gasteiger partial charge in [-0.05, 0) is 37.3 Å². The Labute approximate surface area is 101 Å². The molecule has 0 unspecified atom stereocenters. The molecule has 2 rings (SSSR count). The van der Waals surface area contributed by atoms with E-state index in [0.717, 1.165) is 12.2 Å². The monoisotopic (exact) mass is 234 g/mol. The van der Waals surface area contributed by atoms with Crippen LogP contribution in [0.1, 0.15) is 31.7 Å². The van der Waals surface area contributed by atoms with E-state index in [4.69, 9.17) is 0 Å². The Balaban J connectivity index is 2.02. The summed E-state index contributed by atoms with van der Waals surface area (Å²) < 4.78 is 0. The van der Waals surface area contributed by atoms with Gasteiger partial charge in [-0.2, -0.15) is 0 Å². The highest BCUT2D eigenvalue weighted by Gasteiger charge is 2.31. The minimum absolute atomic E-state index is 0.186. The number of nitrogens with one attached hydrogen (secondary N) is 1. The minimum atomic E-state index is -0.341. The SMILES string of the molecule is Cc1cc(NCC2(C)CCC2)ccc1[N+](=O)[O-]. The Morgan fingerprint density at radius 3 is 2.65 bits per heavy atom. The molecule has 0 aliphatic heterocycles. The molecule has 4 nitrogen and oxygen atoms in total. The number of aryl methyl sites for hydroxylation is 1. The highest BCUT2D eigenvalue weighted by atomic mass is 16.6. The zero-order valence-corrected chi connectivity index (χ0v) is 10.3. The van der Waals surface area contributed by atoms with Crippen LogP contribution < -0.4 is 5.32 Å². The summed E-state index contributed by atoms with van der Waals surface area (Å²) in [6.45, 7) is 5.00. The Morgan fingerprint density at radius 2 is 2.18 bits per heavy atom. The van der Waals surface area contributed by atoms with Crippen molar-refractivity contribution in [3.8, 4) is 0 Å². The maximum atomic E-state index is 10.7. The number of hydrogen-bond acceptors (Lipinski definition) is 3. The third-order valence-electron chi connectivity index (χ3n) is 3.67. The van der Waals surface area contributed by atoms with Gasteiger partial charge >= 0.3 is 0 Å². The van der Waals surface area contributed by atoms with Gasteiger partial charge in [-0.3, -0.25) is 10.1 Å². The second-order valence-corrected chi connectivity index (χ2v) is 5.28. The van der Waals surface area contributed by atoms with Crippen LogP contribution in [-0.2, 0) is 0 Å². The zero-order chi connectivity index (χ0) is 12.5. The third kappa shape index (κ3) is 2.57. The van der Waals surface area contributed by atoms with Gasteiger partial charge in [0.25, 0.3) is 5.69 Å². The van der Waals surface area contributed by atoms with Gasteiger partial charge < -0.3 is 5.32 Å². The van der Waals surface area contributed by atoms with Crippen molar-refractivity contribution < 1.29 is 4.92 Å². The van der Waals surface area contributed by atoms with Gasteiger partial charge in [0.1, 0.15) is 0 Å². The average molecular weight is 234 g/mol. The summed E-state index contributed by atoms with van der Waals surface area (Å²) in [5.74, 6) is 0. The van der Waals surface area contributed by atoms with Crippen LogP contribution in [0.5, 0.6) is 0 Å². The van der Waals surface area contributed by atoms with Crippen LogP contribution in [0, 0.1) is 22.5 Å². The first kappa shape index (κ1) is 11.9. The predicted octanol–water partition coefficient (Wildman–Crippen LogP) is 3.51. The van der Waals surface area contributed by atoms with Gasteiger partial charge in [-0.25, -0.2) is 0 Å². The van der Waals surface area contributed by atoms with Crippen LogP contribution in [0.2, 0.25) is 0 Å². The molecule has 1 fully saturated rings. The number of benzene rings is 1. The summed E-state index contributed by atoms with van der Waals surface area (Å²) in [5, 5.41) is 14.1. The van der Waals surface area contributed by atoms with E-state index in [-0.39, 0.29) is 10.6 Å². The molecule has 1 aliphatic carbocycles. The summed E-state index contributed by atoms with van der Waals surface area (Å²) >= 11 is 0. The van der Waals surface area contributed by atoms with Gasteiger partial charge in [-0.15, -0.1) is 0 Å². The average Bonchev–Trinajstić information content (AvgIpc) is 2.23. The van der Waals surface area contributed by atoms with Crippen LogP contribution in [0.3, 0.4) is 0 Å². The molecule has 0 spiro atoms. The lowest BCUT2D eigenvalue weighted by Crippen LogP contribution is -2.33. The van der Waals surface area contributed by atoms with Crippen molar-refractivity contribution >= 4 is 11.4 Å². The summed E-state index contributed by atoms with van der Waals surface area (Å²) in [5.41, 5.74) is 2.28. The highest BCUT2D eigenvalue weighted by molar-refractivity contribution is 5.53. The van der Waals surface area contributed by atoms with Crippen LogP contribution in [0.15, 0.2) is 18.2 Å². The summed E-state index contributed by atoms with van der Waals surface area (Å²) in [6, 6.07) is 5.20. The zero-order valence-electron chi connectivity index (χ0n) is 10.3. The van der Waals surface area contributed by atoms with Crippen molar-refractivity contribution in [1.82, 2.24) is 0 Å². The molecule has 0 bridgehead atoms. The van der Waals surface area contributed by atoms with E-state index < -0.39 is 0 Å². The fourth-order valence-corrected chi connectivity index (χ4v) is 2.24. The standard InChI is InChI=1S/C13H18N2O2/c1-10-8-11(4-5-12(10)15(16)17)14-9-13(2)6-3-7-13/h4-5,8,14H,3,6-7,9H2,1-2H3. The maximum absolute atomic E-state index is 10.7. The molecule has 0 amide bonds. The van der Waals surface area contributed by atoms with Crippen LogP contribution in [0.4, 0.5) is 11.4 Å². The van der Waals surface area contributed by atoms with E-state index in [1.807, 2.05) is 6.07 Å². The first-order chi connectivity index (χ1) is 8.00. The van der Waals surface area contributed by atoms with Gasteiger partial charge in [0, 0.05) is 23.9 Å². The fourth-order valence-electron chi connectivity index (χ4n) is 2.24. The van der Waals surface area contributed by atoms with Crippen molar-refractivity contribution in [3.05, 3.63) is 33.9 Å². The quantitative estimate of drug-likeness (QED) is 0.640. The Kier molecular flexibility index (Phi) is 3.05. The Bertz CT molecular complexity index is 439. The number of hydrogen-bond donors (Lipinski definition) is 1. The number of nitro benzene ring substituents is 1. The molecule has 0 saturated heterocycles. The molecule has 0 aromatic heterocycles. The predicted molar refractivity (Wildman–Crippen MR) is 68.3 cm³/mol. The normalized spacial score (nSPS) is 17.3. The van der Waals surface area contributed by atoms with Gasteiger partial charge in [0.15, 0.2) is 0 Å². The van der Waals surface area contributed by atoms with Gasteiger partial charge in [0.2, 0.25) is 0 Å². The van der Waals surface area contributed by atoms with Gasteiger partial charge in [-0.1, -0.05) is 13.3 Å². The van der Waals surface area contributed by atoms with E-state index in [1.54, 1.807) is 19.1 Å². The molecule has 0 heterocycles. The van der Waals surface area contributed by atoms with Crippen molar-refractivity contribution in [3.63, 3.8) is 0 Å². The van der Waals surface area contributed by atoms with Crippen LogP contribution in [-0.4, -0.2) is 11.5 Å². The van der Waals surface area contributed by atoms with Gasteiger partial charge in [0.05, 0.1) is 4.92 Å². The first-order valence-electron chi connectivity index (χ1n) is 5.99. The second-order valence-electron chi connectivity index (χ2n) is 5.28. The number of anilines is 1. The fraction of sp³-hybridized carbons (Fsp3) is 0.538. The molecule has 1 aromatic rings. The van der Waals surface area contributed by atoms with E-state index in [2.05, 4.69) is 12.2 Å². The summed E-state index contributed by atoms with van der Waals surface area (Å²) in [6.07, 6.45) is 3.86. The van der Waals surface area contributed by atoms with Crippen LogP contribution in [0.25, 0.3) is 0 Å². The van der Waals surface area contributed by atoms with Crippen LogP contribution >= 0.6 is 0 Å². The van der Waals surface area contributed by atoms with Crippen molar-refractivity contribution in [2.24, 2.45) is 5.41 Å². The lowest BCUT2D eigenvalue weighted by atomic mass is 9.70. The number of nitro groups is 1. The minimum Gasteiger partial charge on any atom is -0.384 e. The third-order valence-corrected chi connectivity index (χ3v) is 3.67. The lowest BCUT2D eigenvalue weighted by Gasteiger charge is -2.38. The maximum Gasteiger partial charge on any atom is 0.272 e. The molecule has 0 radical (unpaired) electrons. The number of rotatable bonds is 4. The molecular formula is C13H18N2O2. The van der Waals surface area contributed by atoms with E-state index >= 15 is 0 Å². The van der Waals surface area contributed by atoms with Crippen molar-refractivity contribution in [2.45, 2.75) is 33.1 Å². The summed E-state index contributed by atoms with van der Waals surface area (Å²) in [4.78, 5) is 10.3. The van der Waals surface area contributed by atoms with E-state index in [0.29, 0.717) is 11.0 Å². The molecule has 0 atom stereocenters. The molecule has 1 aliphatic rings. The van der Waals surface area contributed by atoms with E-state index in [1.165, 1.54) is 19.3 Å². The Hall–Kier alpha value is -1.58.